The van der Waals surface area contributed by atoms with Crippen LogP contribution in [0.25, 0.3) is 0 Å². The Labute approximate surface area is 111 Å². The number of nitrogens with zero attached hydrogens (tertiary/aromatic N) is 2. The van der Waals surface area contributed by atoms with Crippen molar-refractivity contribution in [1.29, 1.82) is 0 Å². The highest BCUT2D eigenvalue weighted by atomic mass is 14.9. The highest BCUT2D eigenvalue weighted by molar-refractivity contribution is 5.05. The van der Waals surface area contributed by atoms with E-state index in [1.54, 1.807) is 0 Å². The molecule has 3 heteroatoms. The first kappa shape index (κ1) is 15.1. The van der Waals surface area contributed by atoms with Crippen LogP contribution < -0.4 is 5.32 Å². The van der Waals surface area contributed by atoms with Crippen molar-refractivity contribution in [2.24, 2.45) is 5.92 Å². The zero-order valence-corrected chi connectivity index (χ0v) is 12.2. The van der Waals surface area contributed by atoms with Crippen molar-refractivity contribution in [2.45, 2.75) is 59.4 Å². The van der Waals surface area contributed by atoms with E-state index in [-0.39, 0.29) is 0 Å². The van der Waals surface area contributed by atoms with Gasteiger partial charge in [0.15, 0.2) is 0 Å². The smallest absolute Gasteiger partial charge is 0.0756 e. The number of hydrogen-bond donors (Lipinski definition) is 1. The molecule has 0 aliphatic rings. The zero-order chi connectivity index (χ0) is 13.4. The second-order valence-corrected chi connectivity index (χ2v) is 5.41. The summed E-state index contributed by atoms with van der Waals surface area (Å²) in [5.74, 6) is 0.779. The Balaban J connectivity index is 2.56. The maximum atomic E-state index is 4.50. The lowest BCUT2D eigenvalue weighted by molar-refractivity contribution is 0.440. The Kier molecular flexibility index (Phi) is 6.88. The lowest BCUT2D eigenvalue weighted by atomic mass is 10.0. The van der Waals surface area contributed by atoms with Gasteiger partial charge in [-0.3, -0.25) is 9.97 Å². The molecule has 1 aromatic heterocycles. The monoisotopic (exact) mass is 249 g/mol. The van der Waals surface area contributed by atoms with Crippen molar-refractivity contribution in [3.63, 3.8) is 0 Å². The molecule has 0 fully saturated rings. The van der Waals surface area contributed by atoms with Crippen LogP contribution in [-0.2, 0) is 0 Å². The minimum atomic E-state index is 0.358. The maximum absolute atomic E-state index is 4.50. The second kappa shape index (κ2) is 8.20. The zero-order valence-electron chi connectivity index (χ0n) is 12.2. The van der Waals surface area contributed by atoms with Crippen molar-refractivity contribution in [1.82, 2.24) is 15.3 Å². The van der Waals surface area contributed by atoms with E-state index in [1.165, 1.54) is 12.8 Å². The molecule has 18 heavy (non-hydrogen) atoms. The van der Waals surface area contributed by atoms with Gasteiger partial charge in [-0.05, 0) is 32.2 Å². The summed E-state index contributed by atoms with van der Waals surface area (Å²) in [6.07, 6.45) is 8.60. The minimum absolute atomic E-state index is 0.358. The first-order valence-electron chi connectivity index (χ1n) is 7.15. The normalized spacial score (nSPS) is 12.9. The van der Waals surface area contributed by atoms with Gasteiger partial charge in [-0.1, -0.05) is 33.6 Å². The Morgan fingerprint density at radius 2 is 1.94 bits per heavy atom. The Morgan fingerprint density at radius 3 is 2.50 bits per heavy atom. The van der Waals surface area contributed by atoms with Crippen LogP contribution in [0.15, 0.2) is 12.4 Å². The van der Waals surface area contributed by atoms with Crippen LogP contribution in [-0.4, -0.2) is 16.5 Å². The second-order valence-electron chi connectivity index (χ2n) is 5.41. The molecule has 1 unspecified atom stereocenters. The lowest BCUT2D eigenvalue weighted by Gasteiger charge is -2.18. The quantitative estimate of drug-likeness (QED) is 0.764. The summed E-state index contributed by atoms with van der Waals surface area (Å²) in [4.78, 5) is 8.85. The van der Waals surface area contributed by atoms with Crippen LogP contribution in [0, 0.1) is 12.8 Å². The van der Waals surface area contributed by atoms with Crippen molar-refractivity contribution < 1.29 is 0 Å². The van der Waals surface area contributed by atoms with Crippen LogP contribution in [0.2, 0.25) is 0 Å². The van der Waals surface area contributed by atoms with Gasteiger partial charge in [0.2, 0.25) is 0 Å². The minimum Gasteiger partial charge on any atom is -0.309 e. The number of hydrogen-bond acceptors (Lipinski definition) is 3. The van der Waals surface area contributed by atoms with Gasteiger partial charge in [-0.15, -0.1) is 0 Å². The molecule has 102 valence electrons. The van der Waals surface area contributed by atoms with E-state index < -0.39 is 0 Å². The number of aryl methyl sites for hydroxylation is 1. The summed E-state index contributed by atoms with van der Waals surface area (Å²) >= 11 is 0. The largest absolute Gasteiger partial charge is 0.309 e. The summed E-state index contributed by atoms with van der Waals surface area (Å²) < 4.78 is 0. The first-order valence-corrected chi connectivity index (χ1v) is 7.15. The Morgan fingerprint density at radius 1 is 1.17 bits per heavy atom. The fourth-order valence-corrected chi connectivity index (χ4v) is 1.99. The molecular formula is C15H27N3. The molecule has 1 atom stereocenters. The third-order valence-corrected chi connectivity index (χ3v) is 3.07. The van der Waals surface area contributed by atoms with Gasteiger partial charge in [0, 0.05) is 6.20 Å². The summed E-state index contributed by atoms with van der Waals surface area (Å²) in [5.41, 5.74) is 2.06. The predicted octanol–water partition coefficient (Wildman–Crippen LogP) is 3.65. The SMILES string of the molecule is CCCNC(CCCC(C)C)c1cnc(C)cn1. The van der Waals surface area contributed by atoms with E-state index in [4.69, 9.17) is 0 Å². The van der Waals surface area contributed by atoms with Gasteiger partial charge in [0.25, 0.3) is 0 Å². The summed E-state index contributed by atoms with van der Waals surface area (Å²) in [6.45, 7) is 9.77. The molecule has 0 aliphatic heterocycles. The predicted molar refractivity (Wildman–Crippen MR) is 76.5 cm³/mol. The highest BCUT2D eigenvalue weighted by Crippen LogP contribution is 2.18. The van der Waals surface area contributed by atoms with Crippen LogP contribution in [0.4, 0.5) is 0 Å². The third kappa shape index (κ3) is 5.58. The molecule has 1 rings (SSSR count). The van der Waals surface area contributed by atoms with Gasteiger partial charge < -0.3 is 5.32 Å². The van der Waals surface area contributed by atoms with Crippen LogP contribution >= 0.6 is 0 Å². The fourth-order valence-electron chi connectivity index (χ4n) is 1.99. The molecule has 1 N–H and O–H groups in total. The summed E-state index contributed by atoms with van der Waals surface area (Å²) in [6, 6.07) is 0.358. The first-order chi connectivity index (χ1) is 8.63. The van der Waals surface area contributed by atoms with Crippen molar-refractivity contribution >= 4 is 0 Å². The van der Waals surface area contributed by atoms with Gasteiger partial charge in [0.05, 0.1) is 23.6 Å². The van der Waals surface area contributed by atoms with Gasteiger partial charge in [-0.25, -0.2) is 0 Å². The van der Waals surface area contributed by atoms with Crippen LogP contribution in [0.1, 0.15) is 63.9 Å². The van der Waals surface area contributed by atoms with Crippen molar-refractivity contribution in [3.05, 3.63) is 23.8 Å². The topological polar surface area (TPSA) is 37.8 Å². The van der Waals surface area contributed by atoms with Gasteiger partial charge >= 0.3 is 0 Å². The molecule has 0 spiro atoms. The van der Waals surface area contributed by atoms with Crippen LogP contribution in [0.5, 0.6) is 0 Å². The number of rotatable bonds is 8. The number of nitrogens with one attached hydrogen (secondary N) is 1. The maximum Gasteiger partial charge on any atom is 0.0756 e. The van der Waals surface area contributed by atoms with E-state index in [0.29, 0.717) is 6.04 Å². The molecule has 0 bridgehead atoms. The van der Waals surface area contributed by atoms with Crippen LogP contribution in [0.3, 0.4) is 0 Å². The Hall–Kier alpha value is -0.960. The van der Waals surface area contributed by atoms with Gasteiger partial charge in [0.1, 0.15) is 0 Å². The lowest BCUT2D eigenvalue weighted by Crippen LogP contribution is -2.23. The molecule has 0 saturated carbocycles. The molecule has 1 heterocycles. The molecule has 0 radical (unpaired) electrons. The molecule has 3 nitrogen and oxygen atoms in total. The standard InChI is InChI=1S/C15H27N3/c1-5-9-16-14(8-6-7-12(2)3)15-11-17-13(4)10-18-15/h10-12,14,16H,5-9H2,1-4H3. The van der Waals surface area contributed by atoms with E-state index >= 15 is 0 Å². The van der Waals surface area contributed by atoms with Crippen molar-refractivity contribution in [3.8, 4) is 0 Å². The van der Waals surface area contributed by atoms with Gasteiger partial charge in [-0.2, -0.15) is 0 Å². The van der Waals surface area contributed by atoms with E-state index in [2.05, 4.69) is 36.1 Å². The molecule has 0 aliphatic carbocycles. The third-order valence-electron chi connectivity index (χ3n) is 3.07. The summed E-state index contributed by atoms with van der Waals surface area (Å²) in [7, 11) is 0. The number of aromatic nitrogens is 2. The fraction of sp³-hybridized carbons (Fsp3) is 0.733. The van der Waals surface area contributed by atoms with E-state index in [1.807, 2.05) is 19.3 Å². The Bertz CT molecular complexity index is 319. The van der Waals surface area contributed by atoms with E-state index in [9.17, 15) is 0 Å². The molecule has 0 saturated heterocycles. The summed E-state index contributed by atoms with van der Waals surface area (Å²) in [5, 5.41) is 3.58. The van der Waals surface area contributed by atoms with E-state index in [0.717, 1.165) is 36.7 Å². The highest BCUT2D eigenvalue weighted by Gasteiger charge is 2.12. The van der Waals surface area contributed by atoms with Crippen molar-refractivity contribution in [2.75, 3.05) is 6.54 Å². The molecular weight excluding hydrogens is 222 g/mol. The average Bonchev–Trinajstić information content (AvgIpc) is 2.34. The molecule has 1 aromatic rings. The molecule has 0 aromatic carbocycles. The molecule has 0 amide bonds. The average molecular weight is 249 g/mol.